The topological polar surface area (TPSA) is 143 Å². The Morgan fingerprint density at radius 1 is 1.08 bits per heavy atom. The van der Waals surface area contributed by atoms with Crippen LogP contribution in [0.15, 0.2) is 75.0 Å². The summed E-state index contributed by atoms with van der Waals surface area (Å²) in [5.74, 6) is 0.457. The highest BCUT2D eigenvalue weighted by Crippen LogP contribution is 2.29. The van der Waals surface area contributed by atoms with Gasteiger partial charge in [0.15, 0.2) is 5.75 Å². The van der Waals surface area contributed by atoms with Crippen LogP contribution in [0, 0.1) is 20.2 Å². The number of fused-ring (bicyclic) bond motifs is 1. The van der Waals surface area contributed by atoms with E-state index in [2.05, 4.69) is 26.0 Å². The van der Waals surface area contributed by atoms with E-state index in [0.29, 0.717) is 27.9 Å². The molecule has 1 heterocycles. The van der Waals surface area contributed by atoms with E-state index in [1.165, 1.54) is 47.3 Å². The molecule has 1 aromatic heterocycles. The van der Waals surface area contributed by atoms with Gasteiger partial charge in [-0.25, -0.2) is 4.98 Å². The summed E-state index contributed by atoms with van der Waals surface area (Å²) in [6.45, 7) is 3.91. The van der Waals surface area contributed by atoms with Crippen molar-refractivity contribution in [2.75, 3.05) is 0 Å². The number of nitrogens with zero attached hydrogens (tertiary/aromatic N) is 5. The van der Waals surface area contributed by atoms with Gasteiger partial charge < -0.3 is 4.74 Å². The zero-order valence-electron chi connectivity index (χ0n) is 20.4. The standard InChI is InChI=1S/C26H22BrN5O6/c1-3-16(2)25-29-22-10-7-19(27)13-21(22)26(33)30(25)28-14-18-6-11-24(23(12-18)32(36)37)38-15-17-4-8-20(9-5-17)31(34)35/h4-14,16H,3,15H2,1-2H3/t16-/m1/s1. The van der Waals surface area contributed by atoms with E-state index in [4.69, 9.17) is 4.74 Å². The van der Waals surface area contributed by atoms with Gasteiger partial charge in [0, 0.05) is 34.2 Å². The van der Waals surface area contributed by atoms with Gasteiger partial charge in [0.05, 0.1) is 27.0 Å². The first-order valence-corrected chi connectivity index (χ1v) is 12.4. The maximum absolute atomic E-state index is 13.3. The van der Waals surface area contributed by atoms with E-state index in [-0.39, 0.29) is 35.2 Å². The lowest BCUT2D eigenvalue weighted by atomic mass is 10.1. The van der Waals surface area contributed by atoms with Gasteiger partial charge in [0.25, 0.3) is 11.2 Å². The number of nitro benzene ring substituents is 2. The number of non-ortho nitro benzene ring substituents is 1. The largest absolute Gasteiger partial charge is 0.482 e. The Balaban J connectivity index is 1.65. The highest BCUT2D eigenvalue weighted by atomic mass is 79.9. The molecule has 38 heavy (non-hydrogen) atoms. The summed E-state index contributed by atoms with van der Waals surface area (Å²) in [6, 6.07) is 15.3. The SMILES string of the molecule is CC[C@@H](C)c1nc2ccc(Br)cc2c(=O)n1N=Cc1ccc(OCc2ccc([N+](=O)[O-])cc2)c([N+](=O)[O-])c1. The van der Waals surface area contributed by atoms with Crippen LogP contribution in [0.1, 0.15) is 43.1 Å². The van der Waals surface area contributed by atoms with E-state index < -0.39 is 9.85 Å². The first kappa shape index (κ1) is 26.6. The van der Waals surface area contributed by atoms with Crippen LogP contribution in [0.3, 0.4) is 0 Å². The molecule has 0 spiro atoms. The minimum absolute atomic E-state index is 0.0156. The third kappa shape index (κ3) is 5.75. The minimum atomic E-state index is -0.575. The number of hydrogen-bond donors (Lipinski definition) is 0. The van der Waals surface area contributed by atoms with Crippen LogP contribution in [0.2, 0.25) is 0 Å². The highest BCUT2D eigenvalue weighted by Gasteiger charge is 2.18. The van der Waals surface area contributed by atoms with E-state index in [1.807, 2.05) is 19.9 Å². The molecule has 0 aliphatic rings. The average molecular weight is 580 g/mol. The molecule has 4 aromatic rings. The molecule has 0 saturated heterocycles. The Morgan fingerprint density at radius 2 is 1.82 bits per heavy atom. The van der Waals surface area contributed by atoms with Crippen LogP contribution in [0.25, 0.3) is 10.9 Å². The van der Waals surface area contributed by atoms with Gasteiger partial charge in [-0.15, -0.1) is 0 Å². The van der Waals surface area contributed by atoms with Crippen LogP contribution in [-0.4, -0.2) is 25.7 Å². The van der Waals surface area contributed by atoms with Gasteiger partial charge in [-0.3, -0.25) is 25.0 Å². The molecule has 0 unspecified atom stereocenters. The molecule has 0 radical (unpaired) electrons. The number of hydrogen-bond acceptors (Lipinski definition) is 8. The van der Waals surface area contributed by atoms with Crippen molar-refractivity contribution >= 4 is 44.4 Å². The molecule has 0 aliphatic carbocycles. The molecule has 12 heteroatoms. The Labute approximate surface area is 224 Å². The summed E-state index contributed by atoms with van der Waals surface area (Å²) in [4.78, 5) is 39.4. The number of ether oxygens (including phenoxy) is 1. The minimum Gasteiger partial charge on any atom is -0.482 e. The summed E-state index contributed by atoms with van der Waals surface area (Å²) in [5, 5.41) is 27.3. The predicted molar refractivity (Wildman–Crippen MR) is 146 cm³/mol. The molecule has 0 aliphatic heterocycles. The molecule has 3 aromatic carbocycles. The molecule has 0 amide bonds. The van der Waals surface area contributed by atoms with Gasteiger partial charge in [-0.05, 0) is 54.4 Å². The zero-order valence-corrected chi connectivity index (χ0v) is 22.0. The van der Waals surface area contributed by atoms with Crippen LogP contribution < -0.4 is 10.3 Å². The van der Waals surface area contributed by atoms with Crippen LogP contribution in [0.5, 0.6) is 5.75 Å². The fourth-order valence-corrected chi connectivity index (χ4v) is 4.02. The van der Waals surface area contributed by atoms with E-state index in [1.54, 1.807) is 18.2 Å². The Morgan fingerprint density at radius 3 is 2.47 bits per heavy atom. The molecule has 0 N–H and O–H groups in total. The number of nitro groups is 2. The number of benzene rings is 3. The second-order valence-corrected chi connectivity index (χ2v) is 9.41. The molecule has 0 fully saturated rings. The van der Waals surface area contributed by atoms with Crippen molar-refractivity contribution in [3.8, 4) is 5.75 Å². The maximum atomic E-state index is 13.3. The summed E-state index contributed by atoms with van der Waals surface area (Å²) >= 11 is 3.38. The summed E-state index contributed by atoms with van der Waals surface area (Å²) < 4.78 is 7.58. The summed E-state index contributed by atoms with van der Waals surface area (Å²) in [5.41, 5.74) is 0.864. The first-order valence-electron chi connectivity index (χ1n) is 11.6. The van der Waals surface area contributed by atoms with Crippen molar-refractivity contribution in [2.45, 2.75) is 32.8 Å². The Hall–Kier alpha value is -4.45. The molecular formula is C26H22BrN5O6. The molecular weight excluding hydrogens is 558 g/mol. The Bertz CT molecular complexity index is 1620. The number of halogens is 1. The summed E-state index contributed by atoms with van der Waals surface area (Å²) in [7, 11) is 0. The third-order valence-electron chi connectivity index (χ3n) is 5.93. The van der Waals surface area contributed by atoms with Crippen molar-refractivity contribution < 1.29 is 14.6 Å². The van der Waals surface area contributed by atoms with Gasteiger partial charge in [-0.2, -0.15) is 9.78 Å². The van der Waals surface area contributed by atoms with E-state index in [0.717, 1.165) is 10.9 Å². The lowest BCUT2D eigenvalue weighted by Crippen LogP contribution is -2.23. The molecule has 1 atom stereocenters. The molecule has 0 saturated carbocycles. The smallest absolute Gasteiger partial charge is 0.311 e. The second-order valence-electron chi connectivity index (χ2n) is 8.50. The monoisotopic (exact) mass is 579 g/mol. The summed E-state index contributed by atoms with van der Waals surface area (Å²) in [6.07, 6.45) is 2.10. The average Bonchev–Trinajstić information content (AvgIpc) is 2.91. The second kappa shape index (κ2) is 11.3. The highest BCUT2D eigenvalue weighted by molar-refractivity contribution is 9.10. The van der Waals surface area contributed by atoms with Gasteiger partial charge >= 0.3 is 5.69 Å². The maximum Gasteiger partial charge on any atom is 0.311 e. The van der Waals surface area contributed by atoms with Crippen molar-refractivity contribution in [2.24, 2.45) is 5.10 Å². The van der Waals surface area contributed by atoms with Gasteiger partial charge in [-0.1, -0.05) is 29.8 Å². The van der Waals surface area contributed by atoms with E-state index >= 15 is 0 Å². The van der Waals surface area contributed by atoms with Crippen molar-refractivity contribution in [3.05, 3.63) is 113 Å². The number of aromatic nitrogens is 2. The number of rotatable bonds is 9. The van der Waals surface area contributed by atoms with Gasteiger partial charge in [0.2, 0.25) is 0 Å². The molecule has 0 bridgehead atoms. The van der Waals surface area contributed by atoms with Crippen LogP contribution in [-0.2, 0) is 6.61 Å². The van der Waals surface area contributed by atoms with Crippen molar-refractivity contribution in [1.82, 2.24) is 9.66 Å². The fraction of sp³-hybridized carbons (Fsp3) is 0.192. The quantitative estimate of drug-likeness (QED) is 0.135. The lowest BCUT2D eigenvalue weighted by Gasteiger charge is -2.14. The van der Waals surface area contributed by atoms with Crippen molar-refractivity contribution in [3.63, 3.8) is 0 Å². The van der Waals surface area contributed by atoms with Crippen LogP contribution in [0.4, 0.5) is 11.4 Å². The van der Waals surface area contributed by atoms with Crippen molar-refractivity contribution in [1.29, 1.82) is 0 Å². The third-order valence-corrected chi connectivity index (χ3v) is 6.42. The normalized spacial score (nSPS) is 12.1. The van der Waals surface area contributed by atoms with E-state index in [9.17, 15) is 25.0 Å². The first-order chi connectivity index (χ1) is 18.2. The molecule has 11 nitrogen and oxygen atoms in total. The fourth-order valence-electron chi connectivity index (χ4n) is 3.66. The Kier molecular flexibility index (Phi) is 7.91. The van der Waals surface area contributed by atoms with Crippen LogP contribution >= 0.6 is 15.9 Å². The molecule has 194 valence electrons. The van der Waals surface area contributed by atoms with Gasteiger partial charge in [0.1, 0.15) is 12.4 Å². The zero-order chi connectivity index (χ0) is 27.4. The predicted octanol–water partition coefficient (Wildman–Crippen LogP) is 5.95. The lowest BCUT2D eigenvalue weighted by molar-refractivity contribution is -0.386. The molecule has 4 rings (SSSR count).